The van der Waals surface area contributed by atoms with Gasteiger partial charge in [0.25, 0.3) is 0 Å². The van der Waals surface area contributed by atoms with Crippen LogP contribution in [0, 0.1) is 6.92 Å². The van der Waals surface area contributed by atoms with Crippen molar-refractivity contribution in [2.45, 2.75) is 57.8 Å². The molecule has 2 heterocycles. The van der Waals surface area contributed by atoms with E-state index in [0.717, 1.165) is 48.1 Å². The molecule has 0 saturated heterocycles. The number of hydrogen-bond acceptors (Lipinski definition) is 7. The molecule has 8 nitrogen and oxygen atoms in total. The number of imidazole rings is 1. The molecule has 1 saturated carbocycles. The van der Waals surface area contributed by atoms with Gasteiger partial charge in [-0.1, -0.05) is 48.0 Å². The number of nitrogens with zero attached hydrogens (tertiary/aromatic N) is 4. The highest BCUT2D eigenvalue weighted by atomic mass is 15.2. The highest BCUT2D eigenvalue weighted by molar-refractivity contribution is 5.84. The minimum absolute atomic E-state index is 0.297. The largest absolute Gasteiger partial charge is 0.398 e. The summed E-state index contributed by atoms with van der Waals surface area (Å²) in [7, 11) is 0. The van der Waals surface area contributed by atoms with Gasteiger partial charge in [-0.15, -0.1) is 0 Å². The van der Waals surface area contributed by atoms with Gasteiger partial charge in [-0.05, 0) is 49.8 Å². The van der Waals surface area contributed by atoms with Gasteiger partial charge in [-0.2, -0.15) is 9.97 Å². The number of hydrogen-bond donors (Lipinski definition) is 4. The van der Waals surface area contributed by atoms with Crippen LogP contribution in [0.5, 0.6) is 0 Å². The topological polar surface area (TPSA) is 120 Å². The maximum absolute atomic E-state index is 6.21. The summed E-state index contributed by atoms with van der Waals surface area (Å²) in [5.74, 6) is 1.32. The van der Waals surface area contributed by atoms with Gasteiger partial charge in [-0.25, -0.2) is 4.98 Å². The summed E-state index contributed by atoms with van der Waals surface area (Å²) >= 11 is 0. The van der Waals surface area contributed by atoms with Crippen LogP contribution in [0.1, 0.15) is 42.4 Å². The summed E-state index contributed by atoms with van der Waals surface area (Å²) in [5, 5.41) is 7.02. The van der Waals surface area contributed by atoms with Gasteiger partial charge in [0.2, 0.25) is 5.95 Å². The number of anilines is 3. The molecule has 176 valence electrons. The molecule has 1 fully saturated rings. The third-order valence-corrected chi connectivity index (χ3v) is 6.51. The van der Waals surface area contributed by atoms with E-state index in [4.69, 9.17) is 21.4 Å². The molecule has 1 aliphatic rings. The van der Waals surface area contributed by atoms with Crippen LogP contribution in [-0.4, -0.2) is 31.6 Å². The van der Waals surface area contributed by atoms with E-state index in [2.05, 4.69) is 45.3 Å². The van der Waals surface area contributed by atoms with Crippen LogP contribution in [0.15, 0.2) is 54.9 Å². The zero-order valence-electron chi connectivity index (χ0n) is 19.5. The Bertz CT molecular complexity index is 1260. The molecule has 0 radical (unpaired) electrons. The minimum Gasteiger partial charge on any atom is -0.398 e. The molecule has 8 heteroatoms. The molecule has 5 rings (SSSR count). The maximum atomic E-state index is 6.21. The van der Waals surface area contributed by atoms with Crippen LogP contribution in [0.4, 0.5) is 17.5 Å². The monoisotopic (exact) mass is 456 g/mol. The predicted molar refractivity (Wildman–Crippen MR) is 138 cm³/mol. The Morgan fingerprint density at radius 3 is 2.62 bits per heavy atom. The Morgan fingerprint density at radius 1 is 1.03 bits per heavy atom. The molecule has 34 heavy (non-hydrogen) atoms. The highest BCUT2D eigenvalue weighted by Gasteiger charge is 2.21. The predicted octanol–water partition coefficient (Wildman–Crippen LogP) is 4.06. The SMILES string of the molecule is Cc1ccc(N)c(CNc2nc(NC3CCC(N)CC3)nc3c2ncn3Cc2ccccc2)c1. The molecule has 4 aromatic rings. The molecular weight excluding hydrogens is 424 g/mol. The van der Waals surface area contributed by atoms with E-state index in [-0.39, 0.29) is 0 Å². The Kier molecular flexibility index (Phi) is 6.31. The van der Waals surface area contributed by atoms with E-state index in [9.17, 15) is 0 Å². The third kappa shape index (κ3) is 4.97. The Morgan fingerprint density at radius 2 is 1.82 bits per heavy atom. The smallest absolute Gasteiger partial charge is 0.227 e. The van der Waals surface area contributed by atoms with Crippen molar-refractivity contribution in [3.05, 3.63) is 71.5 Å². The van der Waals surface area contributed by atoms with Crippen LogP contribution >= 0.6 is 0 Å². The molecule has 0 amide bonds. The van der Waals surface area contributed by atoms with E-state index < -0.39 is 0 Å². The first-order valence-corrected chi connectivity index (χ1v) is 11.9. The van der Waals surface area contributed by atoms with Gasteiger partial charge in [0.05, 0.1) is 12.9 Å². The summed E-state index contributed by atoms with van der Waals surface area (Å²) in [5.41, 5.74) is 18.0. The van der Waals surface area contributed by atoms with Crippen LogP contribution < -0.4 is 22.1 Å². The van der Waals surface area contributed by atoms with E-state index in [1.54, 1.807) is 0 Å². The van der Waals surface area contributed by atoms with Gasteiger partial charge < -0.3 is 26.7 Å². The molecule has 6 N–H and O–H groups in total. The van der Waals surface area contributed by atoms with Crippen LogP contribution in [0.2, 0.25) is 0 Å². The number of aryl methyl sites for hydroxylation is 1. The summed E-state index contributed by atoms with van der Waals surface area (Å²) < 4.78 is 2.07. The lowest BCUT2D eigenvalue weighted by Crippen LogP contribution is -2.33. The highest BCUT2D eigenvalue weighted by Crippen LogP contribution is 2.26. The van der Waals surface area contributed by atoms with E-state index in [1.807, 2.05) is 36.7 Å². The molecule has 0 spiro atoms. The summed E-state index contributed by atoms with van der Waals surface area (Å²) in [6.07, 6.45) is 5.91. The maximum Gasteiger partial charge on any atom is 0.227 e. The fourth-order valence-corrected chi connectivity index (χ4v) is 4.54. The van der Waals surface area contributed by atoms with Crippen LogP contribution in [-0.2, 0) is 13.1 Å². The average Bonchev–Trinajstić information content (AvgIpc) is 3.24. The summed E-state index contributed by atoms with van der Waals surface area (Å²) in [4.78, 5) is 14.4. The van der Waals surface area contributed by atoms with Gasteiger partial charge in [0.15, 0.2) is 17.0 Å². The summed E-state index contributed by atoms with van der Waals surface area (Å²) in [6.45, 7) is 3.31. The standard InChI is InChI=1S/C26H32N8/c1-17-7-12-22(28)19(13-17)14-29-24-23-25(34(16-30-23)15-18-5-3-2-4-6-18)33-26(32-24)31-21-10-8-20(27)9-11-21/h2-7,12-13,16,20-21H,8-11,14-15,27-28H2,1H3,(H2,29,31,32,33). The molecule has 0 unspecified atom stereocenters. The van der Waals surface area contributed by atoms with E-state index in [0.29, 0.717) is 36.9 Å². The third-order valence-electron chi connectivity index (χ3n) is 6.51. The second-order valence-electron chi connectivity index (χ2n) is 9.24. The lowest BCUT2D eigenvalue weighted by atomic mass is 9.92. The second kappa shape index (κ2) is 9.69. The zero-order chi connectivity index (χ0) is 23.5. The number of nitrogens with two attached hydrogens (primary N) is 2. The Balaban J connectivity index is 1.46. The quantitative estimate of drug-likeness (QED) is 0.310. The Labute approximate surface area is 199 Å². The van der Waals surface area contributed by atoms with Crippen molar-refractivity contribution in [3.63, 3.8) is 0 Å². The van der Waals surface area contributed by atoms with Crippen molar-refractivity contribution >= 4 is 28.6 Å². The van der Waals surface area contributed by atoms with Crippen molar-refractivity contribution < 1.29 is 0 Å². The number of nitrogen functional groups attached to an aromatic ring is 1. The van der Waals surface area contributed by atoms with E-state index >= 15 is 0 Å². The zero-order valence-corrected chi connectivity index (χ0v) is 19.5. The van der Waals surface area contributed by atoms with Crippen LogP contribution in [0.3, 0.4) is 0 Å². The molecule has 2 aromatic heterocycles. The lowest BCUT2D eigenvalue weighted by molar-refractivity contribution is 0.410. The molecule has 0 atom stereocenters. The molecule has 2 aromatic carbocycles. The summed E-state index contributed by atoms with van der Waals surface area (Å²) in [6, 6.07) is 17.0. The van der Waals surface area contributed by atoms with Crippen molar-refractivity contribution in [1.82, 2.24) is 19.5 Å². The molecular formula is C26H32N8. The normalized spacial score (nSPS) is 18.2. The Hall–Kier alpha value is -3.65. The van der Waals surface area contributed by atoms with Gasteiger partial charge in [-0.3, -0.25) is 0 Å². The lowest BCUT2D eigenvalue weighted by Gasteiger charge is -2.26. The van der Waals surface area contributed by atoms with E-state index in [1.165, 1.54) is 11.1 Å². The minimum atomic E-state index is 0.297. The van der Waals surface area contributed by atoms with Gasteiger partial charge in [0, 0.05) is 24.3 Å². The number of fused-ring (bicyclic) bond motifs is 1. The molecule has 1 aliphatic carbocycles. The van der Waals surface area contributed by atoms with Crippen molar-refractivity contribution in [1.29, 1.82) is 0 Å². The number of benzene rings is 2. The van der Waals surface area contributed by atoms with Gasteiger partial charge in [0.1, 0.15) is 0 Å². The van der Waals surface area contributed by atoms with Crippen LogP contribution in [0.25, 0.3) is 11.2 Å². The molecule has 0 bridgehead atoms. The first kappa shape index (κ1) is 22.2. The molecule has 0 aliphatic heterocycles. The first-order chi connectivity index (χ1) is 16.5. The van der Waals surface area contributed by atoms with Crippen molar-refractivity contribution in [3.8, 4) is 0 Å². The first-order valence-electron chi connectivity index (χ1n) is 11.9. The number of aromatic nitrogens is 4. The fraction of sp³-hybridized carbons (Fsp3) is 0.346. The van der Waals surface area contributed by atoms with Crippen molar-refractivity contribution in [2.24, 2.45) is 5.73 Å². The number of rotatable bonds is 7. The number of nitrogens with one attached hydrogen (secondary N) is 2. The fourth-order valence-electron chi connectivity index (χ4n) is 4.54. The van der Waals surface area contributed by atoms with Gasteiger partial charge >= 0.3 is 0 Å². The average molecular weight is 457 g/mol. The van der Waals surface area contributed by atoms with Crippen molar-refractivity contribution in [2.75, 3.05) is 16.4 Å². The second-order valence-corrected chi connectivity index (χ2v) is 9.24.